The maximum atomic E-state index is 12.1. The van der Waals surface area contributed by atoms with Gasteiger partial charge in [0.05, 0.1) is 29.4 Å². The van der Waals surface area contributed by atoms with Crippen LogP contribution in [-0.2, 0) is 9.53 Å². The van der Waals surface area contributed by atoms with Crippen molar-refractivity contribution in [3.05, 3.63) is 35.2 Å². The number of esters is 1. The normalized spacial score (nSPS) is 12.7. The van der Waals surface area contributed by atoms with Crippen molar-refractivity contribution in [2.24, 2.45) is 0 Å². The molecule has 0 aliphatic heterocycles. The lowest BCUT2D eigenvalue weighted by Crippen LogP contribution is -2.19. The highest BCUT2D eigenvalue weighted by Gasteiger charge is 2.21. The summed E-state index contributed by atoms with van der Waals surface area (Å²) >= 11 is 5.37. The Morgan fingerprint density at radius 3 is 3.00 bits per heavy atom. The largest absolute Gasteiger partial charge is 0.464 e. The monoisotopic (exact) mass is 301 g/mol. The number of aromatic nitrogens is 3. The highest BCUT2D eigenvalue weighted by molar-refractivity contribution is 7.71. The quantitative estimate of drug-likeness (QED) is 0.595. The van der Waals surface area contributed by atoms with Gasteiger partial charge in [-0.1, -0.05) is 18.2 Å². The van der Waals surface area contributed by atoms with E-state index >= 15 is 0 Å². The molecule has 3 aromatic rings. The van der Waals surface area contributed by atoms with Gasteiger partial charge < -0.3 is 14.3 Å². The summed E-state index contributed by atoms with van der Waals surface area (Å²) in [6.45, 7) is 3.93. The maximum absolute atomic E-state index is 12.1. The number of nitrogens with zero attached hydrogens (tertiary/aromatic N) is 2. The van der Waals surface area contributed by atoms with E-state index in [2.05, 4.69) is 9.97 Å². The molecule has 2 aromatic heterocycles. The topological polar surface area (TPSA) is 59.9 Å². The number of carbonyl (C=O) groups excluding carboxylic acids is 1. The molecule has 0 bridgehead atoms. The van der Waals surface area contributed by atoms with Crippen LogP contribution in [0.5, 0.6) is 0 Å². The third-order valence-electron chi connectivity index (χ3n) is 3.46. The van der Waals surface area contributed by atoms with Crippen LogP contribution in [0.2, 0.25) is 0 Å². The summed E-state index contributed by atoms with van der Waals surface area (Å²) in [7, 11) is 0. The first kappa shape index (κ1) is 13.8. The number of rotatable bonds is 3. The third-order valence-corrected chi connectivity index (χ3v) is 3.76. The fourth-order valence-electron chi connectivity index (χ4n) is 2.49. The number of imidazole rings is 1. The molecule has 1 aromatic carbocycles. The second kappa shape index (κ2) is 5.29. The number of carbonyl (C=O) groups is 1. The SMILES string of the molecule is CCOC(=O)C(C)n1c(=S)[nH]c2cnc3ccccc3c21. The Morgan fingerprint density at radius 2 is 2.24 bits per heavy atom. The van der Waals surface area contributed by atoms with Crippen molar-refractivity contribution in [1.82, 2.24) is 14.5 Å². The highest BCUT2D eigenvalue weighted by Crippen LogP contribution is 2.26. The lowest BCUT2D eigenvalue weighted by Gasteiger charge is -2.14. The summed E-state index contributed by atoms with van der Waals surface area (Å²) in [5, 5.41) is 0.957. The molecule has 108 valence electrons. The third kappa shape index (κ3) is 2.21. The summed E-state index contributed by atoms with van der Waals surface area (Å²) in [4.78, 5) is 19.6. The van der Waals surface area contributed by atoms with Crippen LogP contribution >= 0.6 is 12.2 Å². The van der Waals surface area contributed by atoms with Crippen LogP contribution in [0.4, 0.5) is 0 Å². The second-order valence-electron chi connectivity index (χ2n) is 4.77. The number of H-pyrrole nitrogens is 1. The van der Waals surface area contributed by atoms with Gasteiger partial charge in [0, 0.05) is 5.39 Å². The zero-order valence-corrected chi connectivity index (χ0v) is 12.6. The minimum atomic E-state index is -0.489. The molecular formula is C15H15N3O2S. The Hall–Kier alpha value is -2.21. The van der Waals surface area contributed by atoms with Crippen LogP contribution < -0.4 is 0 Å². The molecule has 1 atom stereocenters. The van der Waals surface area contributed by atoms with E-state index in [9.17, 15) is 4.79 Å². The van der Waals surface area contributed by atoms with Gasteiger partial charge in [0.25, 0.3) is 0 Å². The first-order valence-corrected chi connectivity index (χ1v) is 7.19. The van der Waals surface area contributed by atoms with Gasteiger partial charge in [-0.3, -0.25) is 4.98 Å². The molecule has 6 heteroatoms. The van der Waals surface area contributed by atoms with E-state index in [0.29, 0.717) is 11.4 Å². The van der Waals surface area contributed by atoms with Gasteiger partial charge >= 0.3 is 5.97 Å². The Bertz CT molecular complexity index is 881. The minimum absolute atomic E-state index is 0.296. The molecule has 0 spiro atoms. The molecule has 1 unspecified atom stereocenters. The molecule has 1 N–H and O–H groups in total. The van der Waals surface area contributed by atoms with Crippen LogP contribution in [0.1, 0.15) is 19.9 Å². The number of fused-ring (bicyclic) bond motifs is 3. The first-order valence-electron chi connectivity index (χ1n) is 6.78. The number of pyridine rings is 1. The summed E-state index contributed by atoms with van der Waals surface area (Å²) < 4.78 is 7.40. The average Bonchev–Trinajstić information content (AvgIpc) is 2.83. The van der Waals surface area contributed by atoms with Crippen molar-refractivity contribution in [1.29, 1.82) is 0 Å². The predicted octanol–water partition coefficient (Wildman–Crippen LogP) is 3.37. The van der Waals surface area contributed by atoms with Crippen molar-refractivity contribution < 1.29 is 9.53 Å². The van der Waals surface area contributed by atoms with E-state index in [1.54, 1.807) is 24.6 Å². The lowest BCUT2D eigenvalue weighted by atomic mass is 10.2. The van der Waals surface area contributed by atoms with Crippen molar-refractivity contribution in [2.75, 3.05) is 6.61 Å². The molecule has 3 rings (SSSR count). The molecule has 21 heavy (non-hydrogen) atoms. The van der Waals surface area contributed by atoms with Gasteiger partial charge in [-0.25, -0.2) is 4.79 Å². The van der Waals surface area contributed by atoms with Crippen LogP contribution in [0, 0.1) is 4.77 Å². The number of nitrogens with one attached hydrogen (secondary N) is 1. The standard InChI is InChI=1S/C15H15N3O2S/c1-3-20-14(19)9(2)18-13-10-6-4-5-7-11(10)16-8-12(13)17-15(18)21/h4-9H,3H2,1-2H3,(H,17,21). The molecule has 0 amide bonds. The summed E-state index contributed by atoms with van der Waals surface area (Å²) in [6.07, 6.45) is 1.74. The summed E-state index contributed by atoms with van der Waals surface area (Å²) in [5.41, 5.74) is 2.56. The van der Waals surface area contributed by atoms with Crippen LogP contribution in [0.25, 0.3) is 21.9 Å². The summed E-state index contributed by atoms with van der Waals surface area (Å²) in [5.74, 6) is -0.296. The number of benzene rings is 1. The fourth-order valence-corrected chi connectivity index (χ4v) is 2.85. The fraction of sp³-hybridized carbons (Fsp3) is 0.267. The number of hydrogen-bond acceptors (Lipinski definition) is 4. The van der Waals surface area contributed by atoms with E-state index in [-0.39, 0.29) is 5.97 Å². The van der Waals surface area contributed by atoms with Crippen molar-refractivity contribution in [2.45, 2.75) is 19.9 Å². The number of para-hydroxylation sites is 1. The zero-order chi connectivity index (χ0) is 15.0. The van der Waals surface area contributed by atoms with Crippen molar-refractivity contribution >= 4 is 40.1 Å². The molecule has 0 fully saturated rings. The van der Waals surface area contributed by atoms with Crippen LogP contribution in [-0.4, -0.2) is 27.1 Å². The van der Waals surface area contributed by atoms with Gasteiger partial charge in [0.1, 0.15) is 6.04 Å². The molecule has 0 radical (unpaired) electrons. The molecular weight excluding hydrogens is 286 g/mol. The molecule has 0 aliphatic carbocycles. The molecule has 5 nitrogen and oxygen atoms in total. The lowest BCUT2D eigenvalue weighted by molar-refractivity contribution is -0.146. The summed E-state index contributed by atoms with van der Waals surface area (Å²) in [6, 6.07) is 7.30. The Balaban J connectivity index is 2.31. The van der Waals surface area contributed by atoms with Crippen molar-refractivity contribution in [3.8, 4) is 0 Å². The number of hydrogen-bond donors (Lipinski definition) is 1. The highest BCUT2D eigenvalue weighted by atomic mass is 32.1. The van der Waals surface area contributed by atoms with Gasteiger partial charge in [-0.15, -0.1) is 0 Å². The van der Waals surface area contributed by atoms with E-state index in [0.717, 1.165) is 21.9 Å². The zero-order valence-electron chi connectivity index (χ0n) is 11.8. The van der Waals surface area contributed by atoms with Crippen LogP contribution in [0.3, 0.4) is 0 Å². The minimum Gasteiger partial charge on any atom is -0.464 e. The molecule has 2 heterocycles. The molecule has 0 aliphatic rings. The Morgan fingerprint density at radius 1 is 1.48 bits per heavy atom. The van der Waals surface area contributed by atoms with E-state index in [4.69, 9.17) is 17.0 Å². The first-order chi connectivity index (χ1) is 10.1. The maximum Gasteiger partial charge on any atom is 0.328 e. The molecule has 0 saturated heterocycles. The van der Waals surface area contributed by atoms with E-state index in [1.807, 2.05) is 24.3 Å². The second-order valence-corrected chi connectivity index (χ2v) is 5.15. The molecule has 0 saturated carbocycles. The smallest absolute Gasteiger partial charge is 0.328 e. The van der Waals surface area contributed by atoms with Crippen molar-refractivity contribution in [3.63, 3.8) is 0 Å². The van der Waals surface area contributed by atoms with Gasteiger partial charge in [0.2, 0.25) is 0 Å². The number of ether oxygens (including phenoxy) is 1. The van der Waals surface area contributed by atoms with Gasteiger partial charge in [-0.2, -0.15) is 0 Å². The van der Waals surface area contributed by atoms with E-state index < -0.39 is 6.04 Å². The number of aromatic amines is 1. The Labute approximate surface area is 126 Å². The van der Waals surface area contributed by atoms with Gasteiger partial charge in [0.15, 0.2) is 4.77 Å². The average molecular weight is 301 g/mol. The van der Waals surface area contributed by atoms with E-state index in [1.165, 1.54) is 0 Å². The van der Waals surface area contributed by atoms with Crippen LogP contribution in [0.15, 0.2) is 30.5 Å². The van der Waals surface area contributed by atoms with Gasteiger partial charge in [-0.05, 0) is 32.1 Å². The predicted molar refractivity (Wildman–Crippen MR) is 83.8 cm³/mol. The Kier molecular flexibility index (Phi) is 3.47.